The number of hydrogen-bond acceptors (Lipinski definition) is 5. The number of rotatable bonds is 2. The molecule has 0 spiro atoms. The van der Waals surface area contributed by atoms with E-state index >= 15 is 0 Å². The zero-order valence-corrected chi connectivity index (χ0v) is 9.23. The maximum absolute atomic E-state index is 9.49. The van der Waals surface area contributed by atoms with E-state index in [-0.39, 0.29) is 11.1 Å². The van der Waals surface area contributed by atoms with Gasteiger partial charge in [0, 0.05) is 0 Å². The van der Waals surface area contributed by atoms with Crippen LogP contribution >= 0.6 is 0 Å². The molecule has 0 aliphatic rings. The van der Waals surface area contributed by atoms with Crippen LogP contribution in [0.4, 0.5) is 0 Å². The normalized spacial score (nSPS) is 6.93. The summed E-state index contributed by atoms with van der Waals surface area (Å²) in [4.78, 5) is 19.0. The minimum atomic E-state index is -1.19. The molecule has 0 aliphatic heterocycles. The number of hydrogen-bond donors (Lipinski definition) is 1. The van der Waals surface area contributed by atoms with Crippen LogP contribution in [0.2, 0.25) is 0 Å². The molecule has 14 heavy (non-hydrogen) atoms. The van der Waals surface area contributed by atoms with Crippen LogP contribution in [0, 0.1) is 0 Å². The van der Waals surface area contributed by atoms with Crippen molar-refractivity contribution in [3.05, 3.63) is 24.3 Å². The van der Waals surface area contributed by atoms with E-state index < -0.39 is 11.9 Å². The Hall–Kier alpha value is -1.09. The topological polar surface area (TPSA) is 100 Å². The third-order valence-corrected chi connectivity index (χ3v) is 0.697. The van der Waals surface area contributed by atoms with Gasteiger partial charge in [0.25, 0.3) is 0 Å². The van der Waals surface area contributed by atoms with Gasteiger partial charge < -0.3 is 19.8 Å². The molecular formula is C8H11AlO5. The maximum atomic E-state index is 9.49. The predicted molar refractivity (Wildman–Crippen MR) is 47.6 cm³/mol. The van der Waals surface area contributed by atoms with Crippen molar-refractivity contribution in [1.29, 1.82) is 0 Å². The summed E-state index contributed by atoms with van der Waals surface area (Å²) in [6.07, 6.45) is 0. The molecule has 0 unspecified atom stereocenters. The standard InChI is InChI=1S/2C4H6O2.Al.H2O/c2*1-3(2)4(5)6;;/h2*1H2,2H3,(H,5,6);;1H2/q;;+3;/p-3. The van der Waals surface area contributed by atoms with Gasteiger partial charge in [-0.05, 0) is 25.0 Å². The first-order valence-electron chi connectivity index (χ1n) is 3.28. The fraction of sp³-hybridized carbons (Fsp3) is 0.250. The molecule has 0 saturated carbocycles. The Morgan fingerprint density at radius 2 is 1.07 bits per heavy atom. The van der Waals surface area contributed by atoms with Gasteiger partial charge in [-0.1, -0.05) is 13.2 Å². The second-order valence-corrected chi connectivity index (χ2v) is 2.14. The van der Waals surface area contributed by atoms with Crippen LogP contribution in [0.25, 0.3) is 0 Å². The summed E-state index contributed by atoms with van der Waals surface area (Å²) in [5.74, 6) is -2.37. The molecule has 76 valence electrons. The van der Waals surface area contributed by atoms with Crippen molar-refractivity contribution >= 4 is 28.6 Å². The Bertz CT molecular complexity index is 174. The number of aliphatic carboxylic acids is 2. The molecule has 0 aromatic carbocycles. The average molecular weight is 214 g/mol. The molecule has 0 aromatic heterocycles. The van der Waals surface area contributed by atoms with Crippen LogP contribution < -0.4 is 10.2 Å². The van der Waals surface area contributed by atoms with Crippen LogP contribution in [0.15, 0.2) is 24.3 Å². The van der Waals surface area contributed by atoms with Gasteiger partial charge in [-0.2, -0.15) is 0 Å². The molecule has 0 heterocycles. The van der Waals surface area contributed by atoms with E-state index in [1.807, 2.05) is 0 Å². The average Bonchev–Trinajstić information content (AvgIpc) is 2.08. The van der Waals surface area contributed by atoms with E-state index in [2.05, 4.69) is 13.2 Å². The van der Waals surface area contributed by atoms with Crippen molar-refractivity contribution in [1.82, 2.24) is 0 Å². The minimum absolute atomic E-state index is 0.0648. The van der Waals surface area contributed by atoms with Crippen molar-refractivity contribution in [2.75, 3.05) is 0 Å². The van der Waals surface area contributed by atoms with Crippen LogP contribution in [0.5, 0.6) is 0 Å². The zero-order valence-electron chi connectivity index (χ0n) is 8.07. The molecule has 1 N–H and O–H groups in total. The summed E-state index contributed by atoms with van der Waals surface area (Å²) >= 11 is 1.42. The van der Waals surface area contributed by atoms with Crippen molar-refractivity contribution < 1.29 is 24.0 Å². The van der Waals surface area contributed by atoms with Gasteiger partial charge in [-0.25, -0.2) is 0 Å². The van der Waals surface area contributed by atoms with Gasteiger partial charge >= 0.3 is 20.8 Å². The third kappa shape index (κ3) is 22.4. The first kappa shape index (κ1) is 18.6. The first-order chi connectivity index (χ1) is 6.29. The van der Waals surface area contributed by atoms with E-state index in [4.69, 9.17) is 4.16 Å². The quantitative estimate of drug-likeness (QED) is 0.411. The summed E-state index contributed by atoms with van der Waals surface area (Å²) in [6.45, 7) is 8.95. The van der Waals surface area contributed by atoms with E-state index in [9.17, 15) is 19.8 Å². The fourth-order valence-electron chi connectivity index (χ4n) is 0. The van der Waals surface area contributed by atoms with Crippen LogP contribution in [-0.4, -0.2) is 32.7 Å². The van der Waals surface area contributed by atoms with Crippen molar-refractivity contribution in [2.45, 2.75) is 13.8 Å². The van der Waals surface area contributed by atoms with Crippen molar-refractivity contribution in [2.24, 2.45) is 0 Å². The monoisotopic (exact) mass is 214 g/mol. The molecule has 5 nitrogen and oxygen atoms in total. The third-order valence-electron chi connectivity index (χ3n) is 0.697. The molecule has 0 atom stereocenters. The zero-order chi connectivity index (χ0) is 12.3. The second kappa shape index (κ2) is 11.9. The summed E-state index contributed by atoms with van der Waals surface area (Å²) in [5.41, 5.74) is 0.130. The molecule has 0 amide bonds. The van der Waals surface area contributed by atoms with Crippen molar-refractivity contribution in [3.63, 3.8) is 0 Å². The summed E-state index contributed by atoms with van der Waals surface area (Å²) in [5, 5.41) is 19.0. The molecule has 0 radical (unpaired) electrons. The summed E-state index contributed by atoms with van der Waals surface area (Å²) < 4.78 is 6.92. The second-order valence-electron chi connectivity index (χ2n) is 2.14. The number of carboxylic acid groups (broad SMARTS) is 2. The van der Waals surface area contributed by atoms with Gasteiger partial charge in [0.05, 0.1) is 11.9 Å². The Morgan fingerprint density at radius 1 is 1.00 bits per heavy atom. The van der Waals surface area contributed by atoms with Gasteiger partial charge in [0.1, 0.15) is 0 Å². The summed E-state index contributed by atoms with van der Waals surface area (Å²) in [7, 11) is 0. The molecule has 0 aromatic rings. The molecule has 0 rings (SSSR count). The molecule has 0 saturated heterocycles. The summed E-state index contributed by atoms with van der Waals surface area (Å²) in [6, 6.07) is 0. The SMILES string of the molecule is C=C(C)C(=O)[O-].C=C(C)C(=O)[O-].[OH][Al+2]. The number of carbonyl (C=O) groups excluding carboxylic acids is 2. The Labute approximate surface area is 91.1 Å². The predicted octanol–water partition coefficient (Wildman–Crippen LogP) is -2.31. The van der Waals surface area contributed by atoms with Crippen LogP contribution in [-0.2, 0) is 9.59 Å². The molecular weight excluding hydrogens is 203 g/mol. The van der Waals surface area contributed by atoms with Gasteiger partial charge in [-0.3, -0.25) is 0 Å². The number of carboxylic acids is 2. The van der Waals surface area contributed by atoms with Gasteiger partial charge in [-0.15, -0.1) is 0 Å². The van der Waals surface area contributed by atoms with E-state index in [0.717, 1.165) is 0 Å². The van der Waals surface area contributed by atoms with E-state index in [1.54, 1.807) is 0 Å². The fourth-order valence-corrected chi connectivity index (χ4v) is 0. The van der Waals surface area contributed by atoms with Crippen molar-refractivity contribution in [3.8, 4) is 0 Å². The van der Waals surface area contributed by atoms with Crippen LogP contribution in [0.1, 0.15) is 13.8 Å². The van der Waals surface area contributed by atoms with Gasteiger partial charge in [0.2, 0.25) is 0 Å². The Balaban J connectivity index is -0.000000147. The van der Waals surface area contributed by atoms with E-state index in [1.165, 1.54) is 30.5 Å². The van der Waals surface area contributed by atoms with E-state index in [0.29, 0.717) is 0 Å². The molecule has 0 bridgehead atoms. The first-order valence-corrected chi connectivity index (χ1v) is 3.80. The molecule has 0 aliphatic carbocycles. The van der Waals surface area contributed by atoms with Gasteiger partial charge in [0.15, 0.2) is 0 Å². The molecule has 6 heteroatoms. The number of carbonyl (C=O) groups is 2. The Morgan fingerprint density at radius 3 is 1.07 bits per heavy atom. The molecule has 0 fully saturated rings. The Kier molecular flexibility index (Phi) is 15.9. The van der Waals surface area contributed by atoms with Crippen LogP contribution in [0.3, 0.4) is 0 Å².